The molecular formula is C20H23NO4S. The Morgan fingerprint density at radius 2 is 1.77 bits per heavy atom. The number of rotatable bonds is 6. The number of benzene rings is 1. The van der Waals surface area contributed by atoms with Crippen LogP contribution in [0.4, 0.5) is 0 Å². The van der Waals surface area contributed by atoms with Crippen LogP contribution in [-0.2, 0) is 14.9 Å². The molecule has 0 aliphatic carbocycles. The highest BCUT2D eigenvalue weighted by Gasteiger charge is 2.21. The molecule has 0 aliphatic rings. The third-order valence-electron chi connectivity index (χ3n) is 3.85. The highest BCUT2D eigenvalue weighted by molar-refractivity contribution is 7.12. The highest BCUT2D eigenvalue weighted by Crippen LogP contribution is 2.22. The molecule has 0 aliphatic heterocycles. The Hall–Kier alpha value is -2.47. The van der Waals surface area contributed by atoms with Crippen LogP contribution in [0.3, 0.4) is 0 Å². The van der Waals surface area contributed by atoms with E-state index < -0.39 is 12.1 Å². The van der Waals surface area contributed by atoms with Crippen molar-refractivity contribution in [2.24, 2.45) is 0 Å². The second-order valence-corrected chi connectivity index (χ2v) is 7.93. The van der Waals surface area contributed by atoms with Gasteiger partial charge in [0, 0.05) is 5.56 Å². The van der Waals surface area contributed by atoms with E-state index in [0.29, 0.717) is 10.4 Å². The van der Waals surface area contributed by atoms with Crippen molar-refractivity contribution in [2.75, 3.05) is 6.54 Å². The average molecular weight is 373 g/mol. The lowest BCUT2D eigenvalue weighted by atomic mass is 9.86. The minimum Gasteiger partial charge on any atom is -0.453 e. The van der Waals surface area contributed by atoms with Gasteiger partial charge in [-0.1, -0.05) is 51.1 Å². The molecule has 0 radical (unpaired) electrons. The van der Waals surface area contributed by atoms with Crippen molar-refractivity contribution < 1.29 is 19.1 Å². The zero-order valence-corrected chi connectivity index (χ0v) is 16.2. The first-order valence-corrected chi connectivity index (χ1v) is 9.22. The van der Waals surface area contributed by atoms with Crippen molar-refractivity contribution in [3.63, 3.8) is 0 Å². The number of esters is 1. The van der Waals surface area contributed by atoms with Crippen LogP contribution in [0.2, 0.25) is 0 Å². The highest BCUT2D eigenvalue weighted by atomic mass is 32.1. The summed E-state index contributed by atoms with van der Waals surface area (Å²) in [4.78, 5) is 36.6. The summed E-state index contributed by atoms with van der Waals surface area (Å²) in [7, 11) is 0. The fourth-order valence-electron chi connectivity index (χ4n) is 2.31. The number of carbonyl (C=O) groups is 3. The van der Waals surface area contributed by atoms with E-state index in [4.69, 9.17) is 4.74 Å². The first-order chi connectivity index (χ1) is 12.2. The predicted octanol–water partition coefficient (Wildman–Crippen LogP) is 3.59. The number of thiophene rings is 1. The van der Waals surface area contributed by atoms with Crippen LogP contribution in [0, 0.1) is 0 Å². The molecule has 0 saturated carbocycles. The number of hydrogen-bond acceptors (Lipinski definition) is 5. The van der Waals surface area contributed by atoms with Gasteiger partial charge in [-0.25, -0.2) is 0 Å². The number of carbonyl (C=O) groups excluding carboxylic acids is 3. The van der Waals surface area contributed by atoms with Gasteiger partial charge in [-0.05, 0) is 29.3 Å². The third kappa shape index (κ3) is 5.26. The smallest absolute Gasteiger partial charge is 0.326 e. The molecule has 1 heterocycles. The summed E-state index contributed by atoms with van der Waals surface area (Å²) in [6, 6.07) is 10.7. The molecule has 2 aromatic rings. The van der Waals surface area contributed by atoms with Gasteiger partial charge in [0.05, 0.1) is 4.88 Å². The summed E-state index contributed by atoms with van der Waals surface area (Å²) >= 11 is 1.28. The van der Waals surface area contributed by atoms with E-state index in [1.165, 1.54) is 18.3 Å². The van der Waals surface area contributed by atoms with Gasteiger partial charge in [0.25, 0.3) is 5.91 Å². The van der Waals surface area contributed by atoms with Crippen molar-refractivity contribution in [1.29, 1.82) is 0 Å². The van der Waals surface area contributed by atoms with Gasteiger partial charge in [0.15, 0.2) is 6.10 Å². The molecule has 1 atom stereocenters. The zero-order chi connectivity index (χ0) is 19.3. The van der Waals surface area contributed by atoms with E-state index in [1.807, 2.05) is 12.1 Å². The standard InChI is InChI=1S/C20H23NO4S/c1-13(18(23)14-7-9-15(10-8-14)20(2,3)4)25-17(22)12-21-19(24)16-6-5-11-26-16/h5-11,13H,12H2,1-4H3,(H,21,24)/t13-/m0/s1. The van der Waals surface area contributed by atoms with Crippen LogP contribution in [-0.4, -0.2) is 30.3 Å². The monoisotopic (exact) mass is 373 g/mol. The van der Waals surface area contributed by atoms with E-state index in [2.05, 4.69) is 26.1 Å². The second-order valence-electron chi connectivity index (χ2n) is 6.98. The molecule has 6 heteroatoms. The largest absolute Gasteiger partial charge is 0.453 e. The first kappa shape index (κ1) is 19.8. The third-order valence-corrected chi connectivity index (χ3v) is 4.72. The lowest BCUT2D eigenvalue weighted by Gasteiger charge is -2.19. The Balaban J connectivity index is 1.88. The molecule has 1 aromatic heterocycles. The van der Waals surface area contributed by atoms with Gasteiger partial charge < -0.3 is 10.1 Å². The molecule has 5 nitrogen and oxygen atoms in total. The zero-order valence-electron chi connectivity index (χ0n) is 15.4. The van der Waals surface area contributed by atoms with Crippen LogP contribution in [0.1, 0.15) is 53.3 Å². The Morgan fingerprint density at radius 1 is 1.12 bits per heavy atom. The molecule has 1 amide bonds. The molecule has 1 N–H and O–H groups in total. The van der Waals surface area contributed by atoms with E-state index in [1.54, 1.807) is 29.6 Å². The fourth-order valence-corrected chi connectivity index (χ4v) is 2.95. The number of nitrogens with one attached hydrogen (secondary N) is 1. The summed E-state index contributed by atoms with van der Waals surface area (Å²) in [6.07, 6.45) is -0.915. The number of ether oxygens (including phenoxy) is 1. The van der Waals surface area contributed by atoms with Crippen LogP contribution in [0.15, 0.2) is 41.8 Å². The summed E-state index contributed by atoms with van der Waals surface area (Å²) in [5, 5.41) is 4.26. The lowest BCUT2D eigenvalue weighted by Crippen LogP contribution is -2.33. The van der Waals surface area contributed by atoms with Gasteiger partial charge in [-0.2, -0.15) is 0 Å². The molecule has 0 bridgehead atoms. The lowest BCUT2D eigenvalue weighted by molar-refractivity contribution is -0.145. The normalized spacial score (nSPS) is 12.3. The van der Waals surface area contributed by atoms with Crippen LogP contribution in [0.5, 0.6) is 0 Å². The Morgan fingerprint density at radius 3 is 2.31 bits per heavy atom. The molecule has 1 aromatic carbocycles. The molecular weight excluding hydrogens is 350 g/mol. The average Bonchev–Trinajstić information content (AvgIpc) is 3.13. The maximum Gasteiger partial charge on any atom is 0.326 e. The van der Waals surface area contributed by atoms with Gasteiger partial charge in [-0.15, -0.1) is 11.3 Å². The summed E-state index contributed by atoms with van der Waals surface area (Å²) in [5.41, 5.74) is 1.61. The topological polar surface area (TPSA) is 72.5 Å². The molecule has 2 rings (SSSR count). The number of Topliss-reactive ketones (excluding diaryl/α,β-unsaturated/α-hetero) is 1. The van der Waals surface area contributed by atoms with Crippen molar-refractivity contribution in [1.82, 2.24) is 5.32 Å². The maximum absolute atomic E-state index is 12.4. The van der Waals surface area contributed by atoms with Gasteiger partial charge >= 0.3 is 5.97 Å². The number of amides is 1. The molecule has 138 valence electrons. The quantitative estimate of drug-likeness (QED) is 0.620. The van der Waals surface area contributed by atoms with E-state index in [-0.39, 0.29) is 23.7 Å². The molecule has 0 spiro atoms. The van der Waals surface area contributed by atoms with Gasteiger partial charge in [-0.3, -0.25) is 14.4 Å². The minimum atomic E-state index is -0.915. The Labute approximate surface area is 157 Å². The molecule has 26 heavy (non-hydrogen) atoms. The summed E-state index contributed by atoms with van der Waals surface area (Å²) < 4.78 is 5.13. The van der Waals surface area contributed by atoms with Crippen LogP contribution >= 0.6 is 11.3 Å². The molecule has 0 unspecified atom stereocenters. The fraction of sp³-hybridized carbons (Fsp3) is 0.350. The molecule has 0 fully saturated rings. The Kier molecular flexibility index (Phi) is 6.32. The predicted molar refractivity (Wildman–Crippen MR) is 102 cm³/mol. The first-order valence-electron chi connectivity index (χ1n) is 8.34. The summed E-state index contributed by atoms with van der Waals surface area (Å²) in [5.74, 6) is -1.26. The van der Waals surface area contributed by atoms with Gasteiger partial charge in [0.2, 0.25) is 5.78 Å². The second kappa shape index (κ2) is 8.27. The number of hydrogen-bond donors (Lipinski definition) is 1. The van der Waals surface area contributed by atoms with Crippen LogP contribution in [0.25, 0.3) is 0 Å². The van der Waals surface area contributed by atoms with E-state index in [0.717, 1.165) is 5.56 Å². The van der Waals surface area contributed by atoms with E-state index in [9.17, 15) is 14.4 Å². The van der Waals surface area contributed by atoms with Gasteiger partial charge in [0.1, 0.15) is 6.54 Å². The van der Waals surface area contributed by atoms with Crippen LogP contribution < -0.4 is 5.32 Å². The number of ketones is 1. The van der Waals surface area contributed by atoms with Crippen molar-refractivity contribution in [2.45, 2.75) is 39.2 Å². The van der Waals surface area contributed by atoms with Crippen molar-refractivity contribution in [3.05, 3.63) is 57.8 Å². The summed E-state index contributed by atoms with van der Waals surface area (Å²) in [6.45, 7) is 7.53. The minimum absolute atomic E-state index is 0.000427. The molecule has 0 saturated heterocycles. The van der Waals surface area contributed by atoms with Crippen molar-refractivity contribution in [3.8, 4) is 0 Å². The Bertz CT molecular complexity index is 773. The maximum atomic E-state index is 12.4. The van der Waals surface area contributed by atoms with E-state index >= 15 is 0 Å². The SMILES string of the molecule is C[C@H](OC(=O)CNC(=O)c1cccs1)C(=O)c1ccc(C(C)(C)C)cc1. The van der Waals surface area contributed by atoms with Crippen molar-refractivity contribution >= 4 is 29.0 Å².